The van der Waals surface area contributed by atoms with E-state index in [0.717, 1.165) is 16.8 Å². The number of aromatic nitrogens is 2. The highest BCUT2D eigenvalue weighted by atomic mass is 32.2. The van der Waals surface area contributed by atoms with Crippen LogP contribution in [0, 0.1) is 13.8 Å². The summed E-state index contributed by atoms with van der Waals surface area (Å²) in [7, 11) is 3.09. The van der Waals surface area contributed by atoms with Crippen LogP contribution in [0.15, 0.2) is 57.8 Å². The summed E-state index contributed by atoms with van der Waals surface area (Å²) in [4.78, 5) is 30.6. The third-order valence-corrected chi connectivity index (χ3v) is 7.03. The zero-order valence-corrected chi connectivity index (χ0v) is 20.3. The molecule has 1 amide bonds. The van der Waals surface area contributed by atoms with Gasteiger partial charge in [-0.2, -0.15) is 0 Å². The zero-order chi connectivity index (χ0) is 23.5. The van der Waals surface area contributed by atoms with Crippen LogP contribution in [0.25, 0.3) is 15.9 Å². The van der Waals surface area contributed by atoms with Crippen molar-refractivity contribution in [1.82, 2.24) is 9.55 Å². The first kappa shape index (κ1) is 22.9. The fourth-order valence-electron chi connectivity index (χ4n) is 3.32. The van der Waals surface area contributed by atoms with Crippen molar-refractivity contribution in [3.63, 3.8) is 0 Å². The van der Waals surface area contributed by atoms with Crippen molar-refractivity contribution >= 4 is 44.9 Å². The number of thioether (sulfide) groups is 1. The van der Waals surface area contributed by atoms with Crippen LogP contribution in [-0.2, 0) is 4.79 Å². The van der Waals surface area contributed by atoms with Gasteiger partial charge in [0.25, 0.3) is 5.56 Å². The van der Waals surface area contributed by atoms with Crippen LogP contribution < -0.4 is 20.3 Å². The lowest BCUT2D eigenvalue weighted by Gasteiger charge is -2.14. The van der Waals surface area contributed by atoms with Gasteiger partial charge in [-0.3, -0.25) is 14.2 Å². The molecule has 4 rings (SSSR count). The molecule has 0 spiro atoms. The van der Waals surface area contributed by atoms with Crippen LogP contribution in [0.5, 0.6) is 11.5 Å². The van der Waals surface area contributed by atoms with E-state index in [1.54, 1.807) is 29.9 Å². The number of amides is 1. The minimum Gasteiger partial charge on any atom is -0.493 e. The van der Waals surface area contributed by atoms with Gasteiger partial charge in [-0.25, -0.2) is 4.98 Å². The molecule has 33 heavy (non-hydrogen) atoms. The van der Waals surface area contributed by atoms with E-state index in [0.29, 0.717) is 32.6 Å². The van der Waals surface area contributed by atoms with E-state index < -0.39 is 0 Å². The van der Waals surface area contributed by atoms with Gasteiger partial charge in [0.2, 0.25) is 5.91 Å². The molecule has 0 saturated carbocycles. The highest BCUT2D eigenvalue weighted by Gasteiger charge is 2.16. The Bertz CT molecular complexity index is 1390. The maximum absolute atomic E-state index is 13.3. The van der Waals surface area contributed by atoms with Gasteiger partial charge in [0.15, 0.2) is 16.7 Å². The lowest BCUT2D eigenvalue weighted by molar-refractivity contribution is -0.113. The maximum atomic E-state index is 13.3. The predicted molar refractivity (Wildman–Crippen MR) is 134 cm³/mol. The monoisotopic (exact) mass is 481 g/mol. The molecule has 0 bridgehead atoms. The van der Waals surface area contributed by atoms with E-state index in [1.807, 2.05) is 43.5 Å². The molecule has 0 atom stereocenters. The van der Waals surface area contributed by atoms with Gasteiger partial charge in [-0.15, -0.1) is 11.3 Å². The molecule has 4 aromatic rings. The van der Waals surface area contributed by atoms with Gasteiger partial charge in [0.1, 0.15) is 4.70 Å². The molecule has 2 aromatic carbocycles. The Labute approximate surface area is 199 Å². The Kier molecular flexibility index (Phi) is 6.71. The minimum absolute atomic E-state index is 0.0846. The van der Waals surface area contributed by atoms with Crippen molar-refractivity contribution in [1.29, 1.82) is 0 Å². The number of hydrogen-bond acceptors (Lipinski definition) is 7. The minimum atomic E-state index is -0.224. The number of hydrogen-bond donors (Lipinski definition) is 1. The Hall–Kier alpha value is -3.30. The molecule has 0 saturated heterocycles. The van der Waals surface area contributed by atoms with Crippen molar-refractivity contribution in [3.05, 3.63) is 69.3 Å². The van der Waals surface area contributed by atoms with E-state index in [4.69, 9.17) is 9.47 Å². The number of anilines is 1. The average molecular weight is 482 g/mol. The van der Waals surface area contributed by atoms with Gasteiger partial charge in [0.05, 0.1) is 31.2 Å². The number of methoxy groups -OCH3 is 2. The van der Waals surface area contributed by atoms with Gasteiger partial charge in [-0.1, -0.05) is 17.8 Å². The smallest absolute Gasteiger partial charge is 0.276 e. The van der Waals surface area contributed by atoms with Crippen molar-refractivity contribution in [2.45, 2.75) is 19.0 Å². The van der Waals surface area contributed by atoms with E-state index in [2.05, 4.69) is 10.3 Å². The molecule has 2 aromatic heterocycles. The van der Waals surface area contributed by atoms with E-state index in [9.17, 15) is 9.59 Å². The molecule has 170 valence electrons. The highest BCUT2D eigenvalue weighted by molar-refractivity contribution is 7.99. The second-order valence-corrected chi connectivity index (χ2v) is 9.20. The molecular weight excluding hydrogens is 458 g/mol. The van der Waals surface area contributed by atoms with Crippen LogP contribution in [-0.4, -0.2) is 35.4 Å². The molecule has 0 fully saturated rings. The van der Waals surface area contributed by atoms with Crippen LogP contribution in [0.4, 0.5) is 5.69 Å². The molecule has 0 radical (unpaired) electrons. The molecule has 2 heterocycles. The van der Waals surface area contributed by atoms with Crippen LogP contribution in [0.3, 0.4) is 0 Å². The topological polar surface area (TPSA) is 82.5 Å². The van der Waals surface area contributed by atoms with Crippen molar-refractivity contribution in [2.24, 2.45) is 0 Å². The number of ether oxygens (including phenoxy) is 2. The molecule has 0 aliphatic rings. The summed E-state index contributed by atoms with van der Waals surface area (Å²) < 4.78 is 12.7. The second-order valence-electron chi connectivity index (χ2n) is 7.35. The fourth-order valence-corrected chi connectivity index (χ4v) is 4.89. The number of benzene rings is 2. The standard InChI is InChI=1S/C24H23N3O4S2/c1-14-5-7-17(11-15(14)2)27-23(29)22-18(9-10-32-22)26-24(27)33-13-21(28)25-16-6-8-19(30-3)20(12-16)31-4/h5-12H,13H2,1-4H3,(H,25,28). The van der Waals surface area contributed by atoms with Gasteiger partial charge >= 0.3 is 0 Å². The van der Waals surface area contributed by atoms with Gasteiger partial charge in [0, 0.05) is 11.8 Å². The fraction of sp³-hybridized carbons (Fsp3) is 0.208. The zero-order valence-electron chi connectivity index (χ0n) is 18.7. The summed E-state index contributed by atoms with van der Waals surface area (Å²) >= 11 is 2.58. The lowest BCUT2D eigenvalue weighted by Crippen LogP contribution is -2.22. The third-order valence-electron chi connectivity index (χ3n) is 5.20. The Morgan fingerprint density at radius 3 is 2.58 bits per heavy atom. The maximum Gasteiger partial charge on any atom is 0.276 e. The number of rotatable bonds is 7. The number of aryl methyl sites for hydroxylation is 2. The predicted octanol–water partition coefficient (Wildman–Crippen LogP) is 4.81. The normalized spacial score (nSPS) is 10.9. The van der Waals surface area contributed by atoms with Crippen molar-refractivity contribution in [3.8, 4) is 17.2 Å². The van der Waals surface area contributed by atoms with E-state index >= 15 is 0 Å². The second kappa shape index (κ2) is 9.68. The first-order chi connectivity index (χ1) is 15.9. The largest absolute Gasteiger partial charge is 0.493 e. The summed E-state index contributed by atoms with van der Waals surface area (Å²) in [5.74, 6) is 0.964. The average Bonchev–Trinajstić information content (AvgIpc) is 3.28. The van der Waals surface area contributed by atoms with Gasteiger partial charge in [-0.05, 0) is 60.7 Å². The SMILES string of the molecule is COc1ccc(NC(=O)CSc2nc3ccsc3c(=O)n2-c2ccc(C)c(C)c2)cc1OC. The molecule has 0 aliphatic carbocycles. The molecule has 0 unspecified atom stereocenters. The highest BCUT2D eigenvalue weighted by Crippen LogP contribution is 2.30. The first-order valence-electron chi connectivity index (χ1n) is 10.1. The van der Waals surface area contributed by atoms with Crippen molar-refractivity contribution in [2.75, 3.05) is 25.3 Å². The Balaban J connectivity index is 1.61. The number of nitrogens with zero attached hydrogens (tertiary/aromatic N) is 2. The molecule has 0 aliphatic heterocycles. The van der Waals surface area contributed by atoms with Gasteiger partial charge < -0.3 is 14.8 Å². The third kappa shape index (κ3) is 4.74. The van der Waals surface area contributed by atoms with Crippen LogP contribution in [0.2, 0.25) is 0 Å². The summed E-state index contributed by atoms with van der Waals surface area (Å²) in [5.41, 5.74) is 4.03. The van der Waals surface area contributed by atoms with Crippen LogP contribution in [0.1, 0.15) is 11.1 Å². The number of thiophene rings is 1. The summed E-state index contributed by atoms with van der Waals surface area (Å²) in [6.45, 7) is 4.03. The number of carbonyl (C=O) groups excluding carboxylic acids is 1. The summed E-state index contributed by atoms with van der Waals surface area (Å²) in [6.07, 6.45) is 0. The molecule has 7 nitrogen and oxygen atoms in total. The molecular formula is C24H23N3O4S2. The van der Waals surface area contributed by atoms with E-state index in [-0.39, 0.29) is 17.2 Å². The van der Waals surface area contributed by atoms with Crippen molar-refractivity contribution < 1.29 is 14.3 Å². The number of nitrogens with one attached hydrogen (secondary N) is 1. The first-order valence-corrected chi connectivity index (χ1v) is 12.0. The lowest BCUT2D eigenvalue weighted by atomic mass is 10.1. The summed E-state index contributed by atoms with van der Waals surface area (Å²) in [6, 6.07) is 12.8. The number of carbonyl (C=O) groups is 1. The Morgan fingerprint density at radius 1 is 1.06 bits per heavy atom. The molecule has 9 heteroatoms. The molecule has 1 N–H and O–H groups in total. The summed E-state index contributed by atoms with van der Waals surface area (Å²) in [5, 5.41) is 5.17. The quantitative estimate of drug-likeness (QED) is 0.301. The Morgan fingerprint density at radius 2 is 1.85 bits per heavy atom. The van der Waals surface area contributed by atoms with E-state index in [1.165, 1.54) is 30.2 Å². The number of fused-ring (bicyclic) bond motifs is 1. The van der Waals surface area contributed by atoms with Crippen LogP contribution >= 0.6 is 23.1 Å².